The van der Waals surface area contributed by atoms with Crippen LogP contribution in [0.5, 0.6) is 5.75 Å². The summed E-state index contributed by atoms with van der Waals surface area (Å²) < 4.78 is 39.0. The first-order valence-corrected chi connectivity index (χ1v) is 10.7. The van der Waals surface area contributed by atoms with Crippen LogP contribution >= 0.6 is 0 Å². The van der Waals surface area contributed by atoms with Crippen LogP contribution in [-0.4, -0.2) is 42.9 Å². The highest BCUT2D eigenvalue weighted by molar-refractivity contribution is 5.68. The van der Waals surface area contributed by atoms with E-state index in [0.29, 0.717) is 25.5 Å². The van der Waals surface area contributed by atoms with Gasteiger partial charge in [0.2, 0.25) is 0 Å². The molecule has 168 valence electrons. The molecule has 0 bridgehead atoms. The molecule has 2 atom stereocenters. The maximum absolute atomic E-state index is 14.6. The zero-order valence-corrected chi connectivity index (χ0v) is 18.0. The Morgan fingerprint density at radius 2 is 1.81 bits per heavy atom. The largest absolute Gasteiger partial charge is 0.493 e. The van der Waals surface area contributed by atoms with Gasteiger partial charge in [-0.2, -0.15) is 0 Å². The fourth-order valence-corrected chi connectivity index (χ4v) is 3.43. The zero-order chi connectivity index (χ0) is 22.2. The summed E-state index contributed by atoms with van der Waals surface area (Å²) in [6.45, 7) is 5.84. The minimum absolute atomic E-state index is 0.0745. The van der Waals surface area contributed by atoms with Gasteiger partial charge < -0.3 is 14.8 Å². The van der Waals surface area contributed by atoms with Crippen molar-refractivity contribution >= 4 is 6.09 Å². The Balaban J connectivity index is 1.64. The average Bonchev–Trinajstić information content (AvgIpc) is 2.77. The van der Waals surface area contributed by atoms with Gasteiger partial charge in [-0.15, -0.1) is 0 Å². The van der Waals surface area contributed by atoms with Crippen LogP contribution < -0.4 is 10.1 Å². The third kappa shape index (κ3) is 6.92. The number of amides is 1. The molecule has 1 aliphatic rings. The predicted octanol–water partition coefficient (Wildman–Crippen LogP) is 4.70. The van der Waals surface area contributed by atoms with Gasteiger partial charge in [0.05, 0.1) is 12.6 Å². The van der Waals surface area contributed by atoms with E-state index in [0.717, 1.165) is 16.9 Å². The number of nitrogens with zero attached hydrogens (tertiary/aromatic N) is 1. The normalized spacial score (nSPS) is 18.6. The summed E-state index contributed by atoms with van der Waals surface area (Å²) in [5.74, 6) is 0.836. The lowest BCUT2D eigenvalue weighted by Crippen LogP contribution is -2.52. The van der Waals surface area contributed by atoms with Gasteiger partial charge in [0.15, 0.2) is 0 Å². The van der Waals surface area contributed by atoms with Crippen LogP contribution in [0.3, 0.4) is 0 Å². The molecule has 0 radical (unpaired) electrons. The Hall–Kier alpha value is -2.67. The van der Waals surface area contributed by atoms with E-state index in [1.54, 1.807) is 12.1 Å². The molecule has 2 aromatic rings. The molecule has 1 saturated heterocycles. The van der Waals surface area contributed by atoms with E-state index in [-0.39, 0.29) is 25.5 Å². The topological polar surface area (TPSA) is 50.8 Å². The van der Waals surface area contributed by atoms with Crippen molar-refractivity contribution in [3.8, 4) is 5.75 Å². The minimum atomic E-state index is -1.20. The molecular weight excluding hydrogens is 402 g/mol. The first-order valence-electron chi connectivity index (χ1n) is 10.7. The fraction of sp³-hybridized carbons (Fsp3) is 0.458. The van der Waals surface area contributed by atoms with Crippen LogP contribution in [-0.2, 0) is 17.9 Å². The second-order valence-electron chi connectivity index (χ2n) is 8.23. The summed E-state index contributed by atoms with van der Waals surface area (Å²) in [6, 6.07) is 12.6. The van der Waals surface area contributed by atoms with Gasteiger partial charge in [0.1, 0.15) is 24.3 Å². The van der Waals surface area contributed by atoms with Gasteiger partial charge >= 0.3 is 6.09 Å². The Labute approximate surface area is 182 Å². The first-order chi connectivity index (χ1) is 14.9. The summed E-state index contributed by atoms with van der Waals surface area (Å²) in [6.07, 6.45) is -1.29. The van der Waals surface area contributed by atoms with E-state index in [1.807, 2.05) is 24.3 Å². The lowest BCUT2D eigenvalue weighted by molar-refractivity contribution is 0.0442. The van der Waals surface area contributed by atoms with Crippen molar-refractivity contribution in [2.24, 2.45) is 5.92 Å². The highest BCUT2D eigenvalue weighted by Gasteiger charge is 2.34. The Bertz CT molecular complexity index is 828. The summed E-state index contributed by atoms with van der Waals surface area (Å²) in [4.78, 5) is 14.3. The van der Waals surface area contributed by atoms with Crippen LogP contribution in [0.2, 0.25) is 0 Å². The Morgan fingerprint density at radius 3 is 2.45 bits per heavy atom. The molecule has 0 aliphatic carbocycles. The number of hydrogen-bond acceptors (Lipinski definition) is 4. The second kappa shape index (κ2) is 11.1. The van der Waals surface area contributed by atoms with Gasteiger partial charge in [-0.1, -0.05) is 38.1 Å². The molecule has 1 fully saturated rings. The highest BCUT2D eigenvalue weighted by atomic mass is 19.1. The van der Waals surface area contributed by atoms with Crippen LogP contribution in [0.15, 0.2) is 48.5 Å². The van der Waals surface area contributed by atoms with Crippen molar-refractivity contribution in [2.75, 3.05) is 19.7 Å². The van der Waals surface area contributed by atoms with Crippen molar-refractivity contribution in [3.05, 3.63) is 65.5 Å². The van der Waals surface area contributed by atoms with Crippen LogP contribution in [0, 0.1) is 11.7 Å². The van der Waals surface area contributed by atoms with Crippen LogP contribution in [0.4, 0.5) is 13.6 Å². The number of rotatable bonds is 8. The molecule has 7 heteroatoms. The number of piperidine rings is 1. The molecule has 1 N–H and O–H groups in total. The minimum Gasteiger partial charge on any atom is -0.493 e. The SMILES string of the molecule is CC(C)COc1ccc(COC(=O)N(Cc2ccc(F)cc2)[C@@H]2CCNC[C@@H]2F)cc1. The maximum Gasteiger partial charge on any atom is 0.410 e. The third-order valence-electron chi connectivity index (χ3n) is 5.14. The molecule has 3 rings (SSSR count). The Kier molecular flexibility index (Phi) is 8.23. The molecular formula is C24H30F2N2O3. The fourth-order valence-electron chi connectivity index (χ4n) is 3.43. The van der Waals surface area contributed by atoms with Crippen LogP contribution in [0.25, 0.3) is 0 Å². The number of carbonyl (C=O) groups excluding carboxylic acids is 1. The van der Waals surface area contributed by atoms with Gasteiger partial charge in [-0.25, -0.2) is 13.6 Å². The van der Waals surface area contributed by atoms with Gasteiger partial charge in [-0.05, 0) is 54.3 Å². The molecule has 1 aliphatic heterocycles. The predicted molar refractivity (Wildman–Crippen MR) is 115 cm³/mol. The smallest absolute Gasteiger partial charge is 0.410 e. The monoisotopic (exact) mass is 432 g/mol. The van der Waals surface area contributed by atoms with E-state index in [4.69, 9.17) is 9.47 Å². The van der Waals surface area contributed by atoms with Crippen molar-refractivity contribution in [1.29, 1.82) is 0 Å². The van der Waals surface area contributed by atoms with E-state index < -0.39 is 18.3 Å². The molecule has 0 spiro atoms. The first kappa shape index (κ1) is 23.0. The lowest BCUT2D eigenvalue weighted by Gasteiger charge is -2.36. The second-order valence-corrected chi connectivity index (χ2v) is 8.23. The molecule has 0 aromatic heterocycles. The summed E-state index contributed by atoms with van der Waals surface area (Å²) in [5, 5.41) is 2.99. The number of ether oxygens (including phenoxy) is 2. The summed E-state index contributed by atoms with van der Waals surface area (Å²) in [7, 11) is 0. The molecule has 2 aromatic carbocycles. The Morgan fingerprint density at radius 1 is 1.13 bits per heavy atom. The molecule has 0 saturated carbocycles. The van der Waals surface area contributed by atoms with Gasteiger partial charge in [-0.3, -0.25) is 4.90 Å². The maximum atomic E-state index is 14.6. The van der Waals surface area contributed by atoms with Crippen molar-refractivity contribution in [3.63, 3.8) is 0 Å². The third-order valence-corrected chi connectivity index (χ3v) is 5.14. The quantitative estimate of drug-likeness (QED) is 0.657. The standard InChI is InChI=1S/C24H30F2N2O3/c1-17(2)15-30-21-9-5-19(6-10-21)16-31-24(29)28(23-11-12-27-13-22(23)26)14-18-3-7-20(25)8-4-18/h3-10,17,22-23,27H,11-16H2,1-2H3/t22-,23+/m0/s1. The summed E-state index contributed by atoms with van der Waals surface area (Å²) >= 11 is 0. The van der Waals surface area contributed by atoms with Crippen molar-refractivity contribution in [2.45, 2.75) is 45.6 Å². The zero-order valence-electron chi connectivity index (χ0n) is 18.0. The van der Waals surface area contributed by atoms with E-state index >= 15 is 0 Å². The van der Waals surface area contributed by atoms with Gasteiger partial charge in [0, 0.05) is 13.1 Å². The highest BCUT2D eigenvalue weighted by Crippen LogP contribution is 2.21. The average molecular weight is 433 g/mol. The number of nitrogens with one attached hydrogen (secondary N) is 1. The number of halogens is 2. The van der Waals surface area contributed by atoms with Crippen LogP contribution in [0.1, 0.15) is 31.4 Å². The number of alkyl halides is 1. The number of benzene rings is 2. The lowest BCUT2D eigenvalue weighted by atomic mass is 10.0. The van der Waals surface area contributed by atoms with E-state index in [2.05, 4.69) is 19.2 Å². The molecule has 1 amide bonds. The molecule has 1 heterocycles. The van der Waals surface area contributed by atoms with Crippen molar-refractivity contribution < 1.29 is 23.0 Å². The molecule has 0 unspecified atom stereocenters. The van der Waals surface area contributed by atoms with E-state index in [1.165, 1.54) is 17.0 Å². The molecule has 31 heavy (non-hydrogen) atoms. The molecule has 5 nitrogen and oxygen atoms in total. The number of carbonyl (C=O) groups is 1. The number of hydrogen-bond donors (Lipinski definition) is 1. The van der Waals surface area contributed by atoms with Gasteiger partial charge in [0.25, 0.3) is 0 Å². The van der Waals surface area contributed by atoms with Crippen molar-refractivity contribution in [1.82, 2.24) is 10.2 Å². The van der Waals surface area contributed by atoms with E-state index in [9.17, 15) is 13.6 Å². The summed E-state index contributed by atoms with van der Waals surface area (Å²) in [5.41, 5.74) is 1.53.